The molecule has 0 spiro atoms. The van der Waals surface area contributed by atoms with Gasteiger partial charge in [-0.3, -0.25) is 0 Å². The number of hydrogen-bond donors (Lipinski definition) is 1. The SMILES string of the molecule is NCc1ccc(N2CCCSCC2)nn1. The summed E-state index contributed by atoms with van der Waals surface area (Å²) < 4.78 is 0. The number of aromatic nitrogens is 2. The lowest BCUT2D eigenvalue weighted by molar-refractivity contribution is 0.777. The Hall–Kier alpha value is -0.810. The minimum atomic E-state index is 0.461. The van der Waals surface area contributed by atoms with Crippen LogP contribution in [0.4, 0.5) is 5.82 Å². The highest BCUT2D eigenvalue weighted by Gasteiger charge is 2.11. The van der Waals surface area contributed by atoms with Gasteiger partial charge in [0.05, 0.1) is 5.69 Å². The Bertz CT molecular complexity index is 293. The van der Waals surface area contributed by atoms with E-state index in [9.17, 15) is 0 Å². The molecule has 1 saturated heterocycles. The fourth-order valence-electron chi connectivity index (χ4n) is 1.61. The van der Waals surface area contributed by atoms with E-state index in [4.69, 9.17) is 5.73 Å². The monoisotopic (exact) mass is 224 g/mol. The molecule has 0 aromatic carbocycles. The third kappa shape index (κ3) is 2.82. The van der Waals surface area contributed by atoms with Crippen LogP contribution in [0.25, 0.3) is 0 Å². The van der Waals surface area contributed by atoms with Gasteiger partial charge in [-0.2, -0.15) is 16.9 Å². The molecule has 0 unspecified atom stereocenters. The van der Waals surface area contributed by atoms with Crippen molar-refractivity contribution in [3.05, 3.63) is 17.8 Å². The molecule has 1 aromatic rings. The molecule has 1 aromatic heterocycles. The molecule has 0 atom stereocenters. The minimum Gasteiger partial charge on any atom is -0.354 e. The van der Waals surface area contributed by atoms with Crippen LogP contribution >= 0.6 is 11.8 Å². The van der Waals surface area contributed by atoms with E-state index in [0.29, 0.717) is 6.54 Å². The fourth-order valence-corrected chi connectivity index (χ4v) is 2.49. The third-order valence-electron chi connectivity index (χ3n) is 2.46. The Morgan fingerprint density at radius 1 is 1.27 bits per heavy atom. The number of thioether (sulfide) groups is 1. The highest BCUT2D eigenvalue weighted by Crippen LogP contribution is 2.16. The first-order valence-electron chi connectivity index (χ1n) is 5.25. The molecule has 0 radical (unpaired) electrons. The molecule has 2 rings (SSSR count). The van der Waals surface area contributed by atoms with Crippen LogP contribution in [-0.4, -0.2) is 34.8 Å². The molecule has 0 amide bonds. The van der Waals surface area contributed by atoms with Crippen LogP contribution in [0.15, 0.2) is 12.1 Å². The number of nitrogens with zero attached hydrogens (tertiary/aromatic N) is 3. The van der Waals surface area contributed by atoms with E-state index < -0.39 is 0 Å². The van der Waals surface area contributed by atoms with Gasteiger partial charge in [0, 0.05) is 25.4 Å². The zero-order chi connectivity index (χ0) is 10.5. The van der Waals surface area contributed by atoms with E-state index in [-0.39, 0.29) is 0 Å². The highest BCUT2D eigenvalue weighted by atomic mass is 32.2. The average molecular weight is 224 g/mol. The lowest BCUT2D eigenvalue weighted by Gasteiger charge is -2.20. The molecule has 0 aliphatic carbocycles. The van der Waals surface area contributed by atoms with Gasteiger partial charge in [-0.25, -0.2) is 0 Å². The van der Waals surface area contributed by atoms with Crippen molar-refractivity contribution in [3.63, 3.8) is 0 Å². The van der Waals surface area contributed by atoms with Crippen LogP contribution < -0.4 is 10.6 Å². The molecule has 0 saturated carbocycles. The Morgan fingerprint density at radius 2 is 2.20 bits per heavy atom. The maximum atomic E-state index is 5.48. The van der Waals surface area contributed by atoms with Crippen LogP contribution in [0.5, 0.6) is 0 Å². The van der Waals surface area contributed by atoms with Crippen molar-refractivity contribution in [2.24, 2.45) is 5.73 Å². The van der Waals surface area contributed by atoms with Gasteiger partial charge in [0.15, 0.2) is 5.82 Å². The molecule has 4 nitrogen and oxygen atoms in total. The number of hydrogen-bond acceptors (Lipinski definition) is 5. The normalized spacial score (nSPS) is 17.5. The van der Waals surface area contributed by atoms with E-state index >= 15 is 0 Å². The lowest BCUT2D eigenvalue weighted by Crippen LogP contribution is -2.26. The zero-order valence-corrected chi connectivity index (χ0v) is 9.54. The van der Waals surface area contributed by atoms with Crippen molar-refractivity contribution in [2.75, 3.05) is 29.5 Å². The summed E-state index contributed by atoms with van der Waals surface area (Å²) in [6.07, 6.45) is 1.23. The van der Waals surface area contributed by atoms with Gasteiger partial charge in [0.1, 0.15) is 0 Å². The molecule has 1 aliphatic rings. The van der Waals surface area contributed by atoms with E-state index in [0.717, 1.165) is 24.6 Å². The minimum absolute atomic E-state index is 0.461. The van der Waals surface area contributed by atoms with Crippen LogP contribution in [0, 0.1) is 0 Å². The van der Waals surface area contributed by atoms with Crippen molar-refractivity contribution < 1.29 is 0 Å². The third-order valence-corrected chi connectivity index (χ3v) is 3.51. The van der Waals surface area contributed by atoms with E-state index in [1.54, 1.807) is 0 Å². The second kappa shape index (κ2) is 5.32. The molecule has 82 valence electrons. The Kier molecular flexibility index (Phi) is 3.80. The largest absolute Gasteiger partial charge is 0.354 e. The van der Waals surface area contributed by atoms with Gasteiger partial charge < -0.3 is 10.6 Å². The molecular formula is C10H16N4S. The molecule has 5 heteroatoms. The zero-order valence-electron chi connectivity index (χ0n) is 8.72. The summed E-state index contributed by atoms with van der Waals surface area (Å²) in [5.41, 5.74) is 6.33. The summed E-state index contributed by atoms with van der Waals surface area (Å²) in [6, 6.07) is 3.98. The highest BCUT2D eigenvalue weighted by molar-refractivity contribution is 7.99. The van der Waals surface area contributed by atoms with Gasteiger partial charge in [-0.05, 0) is 24.3 Å². The van der Waals surface area contributed by atoms with Crippen LogP contribution in [0.1, 0.15) is 12.1 Å². The summed E-state index contributed by atoms with van der Waals surface area (Å²) in [5.74, 6) is 3.42. The number of anilines is 1. The van der Waals surface area contributed by atoms with E-state index in [1.165, 1.54) is 17.9 Å². The van der Waals surface area contributed by atoms with Gasteiger partial charge in [0.25, 0.3) is 0 Å². The molecule has 15 heavy (non-hydrogen) atoms. The van der Waals surface area contributed by atoms with Gasteiger partial charge in [-0.15, -0.1) is 5.10 Å². The molecular weight excluding hydrogens is 208 g/mol. The van der Waals surface area contributed by atoms with E-state index in [1.807, 2.05) is 23.9 Å². The Balaban J connectivity index is 2.06. The molecule has 0 bridgehead atoms. The first-order chi connectivity index (χ1) is 7.40. The van der Waals surface area contributed by atoms with Crippen molar-refractivity contribution in [1.29, 1.82) is 0 Å². The van der Waals surface area contributed by atoms with Gasteiger partial charge in [0.2, 0.25) is 0 Å². The summed E-state index contributed by atoms with van der Waals surface area (Å²) >= 11 is 2.01. The summed E-state index contributed by atoms with van der Waals surface area (Å²) in [6.45, 7) is 2.62. The maximum Gasteiger partial charge on any atom is 0.151 e. The number of rotatable bonds is 2. The quantitative estimate of drug-likeness (QED) is 0.808. The van der Waals surface area contributed by atoms with Crippen LogP contribution in [-0.2, 0) is 6.54 Å². The second-order valence-corrected chi connectivity index (χ2v) is 4.76. The Labute approximate surface area is 94.2 Å². The molecule has 1 fully saturated rings. The van der Waals surface area contributed by atoms with Crippen LogP contribution in [0.3, 0.4) is 0 Å². The number of nitrogens with two attached hydrogens (primary N) is 1. The van der Waals surface area contributed by atoms with Crippen LogP contribution in [0.2, 0.25) is 0 Å². The van der Waals surface area contributed by atoms with Crippen molar-refractivity contribution in [2.45, 2.75) is 13.0 Å². The van der Waals surface area contributed by atoms with Gasteiger partial charge >= 0.3 is 0 Å². The Morgan fingerprint density at radius 3 is 2.93 bits per heavy atom. The van der Waals surface area contributed by atoms with Crippen molar-refractivity contribution in [1.82, 2.24) is 10.2 Å². The van der Waals surface area contributed by atoms with Crippen molar-refractivity contribution in [3.8, 4) is 0 Å². The standard InChI is InChI=1S/C10H16N4S/c11-8-9-2-3-10(13-12-9)14-4-1-6-15-7-5-14/h2-3H,1,4-8,11H2. The predicted molar refractivity (Wildman–Crippen MR) is 64.1 cm³/mol. The summed E-state index contributed by atoms with van der Waals surface area (Å²) in [7, 11) is 0. The first kappa shape index (κ1) is 10.7. The summed E-state index contributed by atoms with van der Waals surface area (Å²) in [4.78, 5) is 2.30. The second-order valence-electron chi connectivity index (χ2n) is 3.54. The molecule has 2 N–H and O–H groups in total. The molecule has 1 aliphatic heterocycles. The molecule has 2 heterocycles. The fraction of sp³-hybridized carbons (Fsp3) is 0.600. The van der Waals surface area contributed by atoms with E-state index in [2.05, 4.69) is 15.1 Å². The first-order valence-corrected chi connectivity index (χ1v) is 6.41. The predicted octanol–water partition coefficient (Wildman–Crippen LogP) is 0.879. The maximum absolute atomic E-state index is 5.48. The smallest absolute Gasteiger partial charge is 0.151 e. The lowest BCUT2D eigenvalue weighted by atomic mass is 10.3. The summed E-state index contributed by atoms with van der Waals surface area (Å²) in [5, 5.41) is 8.28. The van der Waals surface area contributed by atoms with Gasteiger partial charge in [-0.1, -0.05) is 0 Å². The topological polar surface area (TPSA) is 55.0 Å². The van der Waals surface area contributed by atoms with Crippen molar-refractivity contribution >= 4 is 17.6 Å². The average Bonchev–Trinajstić information content (AvgIpc) is 2.58.